The highest BCUT2D eigenvalue weighted by Crippen LogP contribution is 2.05. The summed E-state index contributed by atoms with van der Waals surface area (Å²) in [6.45, 7) is 2.72. The number of carbonyl (C=O) groups is 2. The van der Waals surface area contributed by atoms with Gasteiger partial charge < -0.3 is 15.4 Å². The molecule has 5 nitrogen and oxygen atoms in total. The quantitative estimate of drug-likeness (QED) is 0.776. The van der Waals surface area contributed by atoms with Gasteiger partial charge in [-0.1, -0.05) is 67.6 Å². The summed E-state index contributed by atoms with van der Waals surface area (Å²) in [7, 11) is 0. The van der Waals surface area contributed by atoms with Crippen molar-refractivity contribution in [1.82, 2.24) is 10.6 Å². The molecule has 25 heavy (non-hydrogen) atoms. The van der Waals surface area contributed by atoms with Crippen LogP contribution in [0.3, 0.4) is 0 Å². The van der Waals surface area contributed by atoms with E-state index >= 15 is 0 Å². The van der Waals surface area contributed by atoms with Gasteiger partial charge in [0.15, 0.2) is 0 Å². The normalized spacial score (nSPS) is 11.4. The molecule has 0 aromatic heterocycles. The Morgan fingerprint density at radius 3 is 2.16 bits per heavy atom. The van der Waals surface area contributed by atoms with Gasteiger partial charge in [-0.05, 0) is 17.5 Å². The van der Waals surface area contributed by atoms with Gasteiger partial charge in [0, 0.05) is 13.0 Å². The zero-order valence-corrected chi connectivity index (χ0v) is 14.4. The van der Waals surface area contributed by atoms with E-state index < -0.39 is 12.1 Å². The third kappa shape index (κ3) is 6.67. The molecule has 0 aliphatic rings. The van der Waals surface area contributed by atoms with Crippen molar-refractivity contribution in [2.75, 3.05) is 6.54 Å². The molecule has 0 fully saturated rings. The fourth-order valence-electron chi connectivity index (χ4n) is 2.34. The maximum absolute atomic E-state index is 12.3. The lowest BCUT2D eigenvalue weighted by molar-refractivity contribution is -0.123. The molecule has 0 saturated carbocycles. The number of hydrogen-bond donors (Lipinski definition) is 2. The summed E-state index contributed by atoms with van der Waals surface area (Å²) in [6.07, 6.45) is 0.649. The Kier molecular flexibility index (Phi) is 7.50. The first-order valence-electron chi connectivity index (χ1n) is 8.48. The minimum atomic E-state index is -0.669. The maximum Gasteiger partial charge on any atom is 0.408 e. The van der Waals surface area contributed by atoms with Crippen molar-refractivity contribution in [3.8, 4) is 0 Å². The number of nitrogens with one attached hydrogen (secondary N) is 2. The summed E-state index contributed by atoms with van der Waals surface area (Å²) in [6, 6.07) is 18.3. The van der Waals surface area contributed by atoms with Crippen molar-refractivity contribution in [1.29, 1.82) is 0 Å². The van der Waals surface area contributed by atoms with Crippen molar-refractivity contribution < 1.29 is 14.3 Å². The molecule has 0 heterocycles. The number of benzene rings is 2. The molecule has 0 aliphatic heterocycles. The Morgan fingerprint density at radius 2 is 1.56 bits per heavy atom. The molecule has 2 aromatic rings. The molecular weight excluding hydrogens is 316 g/mol. The predicted molar refractivity (Wildman–Crippen MR) is 97.0 cm³/mol. The molecule has 5 heteroatoms. The molecule has 0 unspecified atom stereocenters. The van der Waals surface area contributed by atoms with Gasteiger partial charge in [0.05, 0.1) is 0 Å². The summed E-state index contributed by atoms with van der Waals surface area (Å²) in [5.41, 5.74) is 1.87. The average molecular weight is 340 g/mol. The van der Waals surface area contributed by atoms with Crippen LogP contribution in [0.15, 0.2) is 60.7 Å². The van der Waals surface area contributed by atoms with Crippen LogP contribution in [0.1, 0.15) is 24.5 Å². The SMILES string of the molecule is CCCNC(=O)[C@@H](Cc1ccccc1)NC(=O)OCc1ccccc1. The molecule has 1 atom stereocenters. The zero-order chi connectivity index (χ0) is 17.9. The molecule has 2 amide bonds. The molecule has 0 radical (unpaired) electrons. The first kappa shape index (κ1) is 18.5. The first-order valence-corrected chi connectivity index (χ1v) is 8.48. The molecule has 132 valence electrons. The van der Waals surface area contributed by atoms with E-state index in [4.69, 9.17) is 4.74 Å². The zero-order valence-electron chi connectivity index (χ0n) is 14.4. The van der Waals surface area contributed by atoms with E-state index in [0.717, 1.165) is 17.5 Å². The van der Waals surface area contributed by atoms with Crippen LogP contribution in [-0.4, -0.2) is 24.6 Å². The number of carbonyl (C=O) groups excluding carboxylic acids is 2. The summed E-state index contributed by atoms with van der Waals surface area (Å²) in [5.74, 6) is -0.206. The minimum Gasteiger partial charge on any atom is -0.445 e. The highest BCUT2D eigenvalue weighted by atomic mass is 16.5. The Morgan fingerprint density at radius 1 is 0.960 bits per heavy atom. The lowest BCUT2D eigenvalue weighted by Crippen LogP contribution is -2.48. The van der Waals surface area contributed by atoms with E-state index in [0.29, 0.717) is 13.0 Å². The Bertz CT molecular complexity index is 659. The van der Waals surface area contributed by atoms with E-state index in [2.05, 4.69) is 10.6 Å². The molecule has 2 N–H and O–H groups in total. The standard InChI is InChI=1S/C20H24N2O3/c1-2-13-21-19(23)18(14-16-9-5-3-6-10-16)22-20(24)25-15-17-11-7-4-8-12-17/h3-12,18H,2,13-15H2,1H3,(H,21,23)(H,22,24)/t18-/m1/s1. The maximum atomic E-state index is 12.3. The van der Waals surface area contributed by atoms with Gasteiger partial charge in [0.2, 0.25) is 5.91 Å². The van der Waals surface area contributed by atoms with E-state index in [9.17, 15) is 9.59 Å². The van der Waals surface area contributed by atoms with Crippen LogP contribution in [0.25, 0.3) is 0 Å². The number of amides is 2. The summed E-state index contributed by atoms with van der Waals surface area (Å²) in [5, 5.41) is 5.49. The van der Waals surface area contributed by atoms with Gasteiger partial charge in [-0.2, -0.15) is 0 Å². The number of hydrogen-bond acceptors (Lipinski definition) is 3. The van der Waals surface area contributed by atoms with Gasteiger partial charge >= 0.3 is 6.09 Å². The van der Waals surface area contributed by atoms with E-state index in [-0.39, 0.29) is 12.5 Å². The van der Waals surface area contributed by atoms with E-state index in [1.54, 1.807) is 0 Å². The van der Waals surface area contributed by atoms with Crippen LogP contribution in [0, 0.1) is 0 Å². The molecule has 0 spiro atoms. The van der Waals surface area contributed by atoms with Crippen molar-refractivity contribution in [3.63, 3.8) is 0 Å². The second-order valence-corrected chi connectivity index (χ2v) is 5.74. The largest absolute Gasteiger partial charge is 0.445 e. The van der Waals surface area contributed by atoms with E-state index in [1.165, 1.54) is 0 Å². The lowest BCUT2D eigenvalue weighted by Gasteiger charge is -2.18. The fraction of sp³-hybridized carbons (Fsp3) is 0.300. The second-order valence-electron chi connectivity index (χ2n) is 5.74. The van der Waals surface area contributed by atoms with Crippen molar-refractivity contribution >= 4 is 12.0 Å². The van der Waals surface area contributed by atoms with Gasteiger partial charge in [-0.15, -0.1) is 0 Å². The molecule has 2 aromatic carbocycles. The van der Waals surface area contributed by atoms with Crippen molar-refractivity contribution in [2.24, 2.45) is 0 Å². The monoisotopic (exact) mass is 340 g/mol. The topological polar surface area (TPSA) is 67.4 Å². The molecular formula is C20H24N2O3. The van der Waals surface area contributed by atoms with Crippen molar-refractivity contribution in [2.45, 2.75) is 32.4 Å². The summed E-state index contributed by atoms with van der Waals surface area (Å²) < 4.78 is 5.22. The molecule has 0 aliphatic carbocycles. The van der Waals surface area contributed by atoms with Gasteiger partial charge in [0.1, 0.15) is 12.6 Å². The van der Waals surface area contributed by atoms with Crippen LogP contribution < -0.4 is 10.6 Å². The van der Waals surface area contributed by atoms with Crippen molar-refractivity contribution in [3.05, 3.63) is 71.8 Å². The Balaban J connectivity index is 1.94. The third-order valence-electron chi connectivity index (χ3n) is 3.65. The average Bonchev–Trinajstić information content (AvgIpc) is 2.65. The van der Waals surface area contributed by atoms with Gasteiger partial charge in [-0.3, -0.25) is 4.79 Å². The van der Waals surface area contributed by atoms with Crippen LogP contribution in [-0.2, 0) is 22.6 Å². The Hall–Kier alpha value is -2.82. The number of ether oxygens (including phenoxy) is 1. The third-order valence-corrected chi connectivity index (χ3v) is 3.65. The van der Waals surface area contributed by atoms with Crippen LogP contribution in [0.5, 0.6) is 0 Å². The Labute approximate surface area is 148 Å². The van der Waals surface area contributed by atoms with Crippen LogP contribution >= 0.6 is 0 Å². The second kappa shape index (κ2) is 10.1. The highest BCUT2D eigenvalue weighted by molar-refractivity contribution is 5.85. The van der Waals surface area contributed by atoms with E-state index in [1.807, 2.05) is 67.6 Å². The molecule has 2 rings (SSSR count). The number of rotatable bonds is 8. The molecule has 0 saturated heterocycles. The lowest BCUT2D eigenvalue weighted by atomic mass is 10.1. The first-order chi connectivity index (χ1) is 12.2. The highest BCUT2D eigenvalue weighted by Gasteiger charge is 2.21. The van der Waals surface area contributed by atoms with Gasteiger partial charge in [-0.25, -0.2) is 4.79 Å². The predicted octanol–water partition coefficient (Wildman–Crippen LogP) is 3.05. The number of alkyl carbamates (subject to hydrolysis) is 1. The fourth-order valence-corrected chi connectivity index (χ4v) is 2.34. The smallest absolute Gasteiger partial charge is 0.408 e. The van der Waals surface area contributed by atoms with Gasteiger partial charge in [0.25, 0.3) is 0 Å². The minimum absolute atomic E-state index is 0.168. The summed E-state index contributed by atoms with van der Waals surface area (Å²) in [4.78, 5) is 24.4. The summed E-state index contributed by atoms with van der Waals surface area (Å²) >= 11 is 0. The molecule has 0 bridgehead atoms. The van der Waals surface area contributed by atoms with Crippen LogP contribution in [0.2, 0.25) is 0 Å². The van der Waals surface area contributed by atoms with Crippen LogP contribution in [0.4, 0.5) is 4.79 Å².